The molecule has 1 aromatic rings. The van der Waals surface area contributed by atoms with E-state index in [4.69, 9.17) is 0 Å². The summed E-state index contributed by atoms with van der Waals surface area (Å²) in [7, 11) is -1.76. The van der Waals surface area contributed by atoms with Crippen molar-refractivity contribution in [2.75, 3.05) is 0 Å². The van der Waals surface area contributed by atoms with Crippen LogP contribution in [0.5, 0.6) is 0 Å². The Morgan fingerprint density at radius 1 is 0.471 bits per heavy atom. The molecule has 70 heavy (non-hydrogen) atoms. The second-order valence-corrected chi connectivity index (χ2v) is 30.8. The Labute approximate surface area is 440 Å². The first-order valence-electron chi connectivity index (χ1n) is 32.5. The topological polar surface area (TPSA) is 3.24 Å². The number of allylic oxidation sites excluding steroid dienone is 4. The molecule has 0 bridgehead atoms. The van der Waals surface area contributed by atoms with Crippen molar-refractivity contribution in [2.45, 2.75) is 359 Å². The predicted molar refractivity (Wildman–Crippen MR) is 317 cm³/mol. The summed E-state index contributed by atoms with van der Waals surface area (Å²) in [5, 5.41) is 0. The van der Waals surface area contributed by atoms with Gasteiger partial charge in [-0.05, 0) is 92.5 Å². The monoisotopic (exact) mass is 980 g/mol. The van der Waals surface area contributed by atoms with Gasteiger partial charge in [-0.1, -0.05) is 320 Å². The van der Waals surface area contributed by atoms with Crippen molar-refractivity contribution in [1.29, 1.82) is 0 Å². The van der Waals surface area contributed by atoms with E-state index in [0.717, 1.165) is 17.5 Å². The van der Waals surface area contributed by atoms with Crippen LogP contribution >= 0.6 is 0 Å². The van der Waals surface area contributed by atoms with Crippen LogP contribution in [0.25, 0.3) is 5.57 Å². The van der Waals surface area contributed by atoms with Crippen LogP contribution in [0.3, 0.4) is 0 Å². The highest BCUT2D eigenvalue weighted by molar-refractivity contribution is 6.76. The summed E-state index contributed by atoms with van der Waals surface area (Å²) in [6.07, 6.45) is 71.0. The average Bonchev–Trinajstić information content (AvgIpc) is 3.89. The molecule has 0 saturated heterocycles. The summed E-state index contributed by atoms with van der Waals surface area (Å²) in [6, 6.07) is 10.7. The summed E-state index contributed by atoms with van der Waals surface area (Å²) in [6.45, 7) is 17.9. The first-order chi connectivity index (χ1) is 34.1. The van der Waals surface area contributed by atoms with Crippen molar-refractivity contribution in [3.8, 4) is 0 Å². The Hall–Kier alpha value is -1.12. The number of hydrogen-bond acceptors (Lipinski definition) is 1. The van der Waals surface area contributed by atoms with E-state index < -0.39 is 8.24 Å². The zero-order valence-electron chi connectivity index (χ0n) is 48.5. The number of rotatable bonds is 41. The van der Waals surface area contributed by atoms with Crippen LogP contribution in [0.15, 0.2) is 42.0 Å². The zero-order valence-corrected chi connectivity index (χ0v) is 49.5. The van der Waals surface area contributed by atoms with Crippen molar-refractivity contribution in [3.05, 3.63) is 53.1 Å². The fourth-order valence-corrected chi connectivity index (χ4v) is 21.0. The third-order valence-electron chi connectivity index (χ3n) is 19.2. The molecule has 0 spiro atoms. The van der Waals surface area contributed by atoms with E-state index in [0.29, 0.717) is 5.92 Å². The molecule has 4 aliphatic carbocycles. The fourth-order valence-electron chi connectivity index (χ4n) is 15.6. The van der Waals surface area contributed by atoms with Crippen LogP contribution in [-0.4, -0.2) is 24.4 Å². The Balaban J connectivity index is 1.12. The van der Waals surface area contributed by atoms with Crippen LogP contribution in [0, 0.1) is 11.8 Å². The highest BCUT2D eigenvalue weighted by atomic mass is 28.3. The standard InChI is InChI=1S/C68H121NSi/c1-8-10-12-14-16-18-20-22-24-26-28-30-32-34-36-38-40-47-55-68(56-48-41-39-37-35-33-31-29-27-25-23-21-19-17-15-13-11-9-2)64-52-46-45-51-61(64)63-58-62-59(57-65(63)68)53-54-66(62)70(6,7)69(67(3,4)5)60-49-43-42-44-50-60/h45-46,51-52,57-60,62,66H,8-44,47-50,53-56H2,1-7H3. The van der Waals surface area contributed by atoms with Crippen molar-refractivity contribution in [1.82, 2.24) is 4.57 Å². The van der Waals surface area contributed by atoms with Gasteiger partial charge in [-0.25, -0.2) is 0 Å². The Bertz CT molecular complexity index is 1510. The molecule has 2 fully saturated rings. The Kier molecular flexibility index (Phi) is 28.8. The maximum absolute atomic E-state index is 3.19. The van der Waals surface area contributed by atoms with Gasteiger partial charge in [-0.2, -0.15) is 0 Å². The second kappa shape index (κ2) is 33.7. The van der Waals surface area contributed by atoms with Gasteiger partial charge >= 0.3 is 0 Å². The van der Waals surface area contributed by atoms with Crippen LogP contribution in [0.2, 0.25) is 18.6 Å². The third kappa shape index (κ3) is 19.2. The molecule has 3 unspecified atom stereocenters. The molecule has 402 valence electrons. The number of unbranched alkanes of at least 4 members (excludes halogenated alkanes) is 34. The maximum atomic E-state index is 3.19. The summed E-state index contributed by atoms with van der Waals surface area (Å²) in [5.41, 5.74) is 8.15. The van der Waals surface area contributed by atoms with Gasteiger partial charge in [0.25, 0.3) is 0 Å². The molecule has 2 heteroatoms. The van der Waals surface area contributed by atoms with E-state index in [1.165, 1.54) is 289 Å². The molecule has 2 saturated carbocycles. The normalized spacial score (nSPS) is 20.2. The first-order valence-corrected chi connectivity index (χ1v) is 35.5. The van der Waals surface area contributed by atoms with Crippen LogP contribution in [0.4, 0.5) is 0 Å². The maximum Gasteiger partial charge on any atom is 0.126 e. The van der Waals surface area contributed by atoms with Crippen LogP contribution in [0.1, 0.15) is 335 Å². The Morgan fingerprint density at radius 3 is 1.26 bits per heavy atom. The molecule has 0 aromatic heterocycles. The van der Waals surface area contributed by atoms with Gasteiger partial charge in [0.2, 0.25) is 0 Å². The molecule has 3 atom stereocenters. The van der Waals surface area contributed by atoms with Gasteiger partial charge in [0, 0.05) is 17.0 Å². The van der Waals surface area contributed by atoms with E-state index in [9.17, 15) is 0 Å². The molecule has 5 rings (SSSR count). The lowest BCUT2D eigenvalue weighted by Crippen LogP contribution is -2.64. The summed E-state index contributed by atoms with van der Waals surface area (Å²) in [4.78, 5) is 0. The first kappa shape index (κ1) is 59.7. The predicted octanol–water partition coefficient (Wildman–Crippen LogP) is 23.2. The minimum Gasteiger partial charge on any atom is -0.316 e. The lowest BCUT2D eigenvalue weighted by atomic mass is 9.68. The number of fused-ring (bicyclic) bond motifs is 4. The van der Waals surface area contributed by atoms with Crippen molar-refractivity contribution >= 4 is 13.8 Å². The molecule has 0 heterocycles. The van der Waals surface area contributed by atoms with E-state index >= 15 is 0 Å². The van der Waals surface area contributed by atoms with E-state index in [2.05, 4.69) is 88.7 Å². The van der Waals surface area contributed by atoms with Gasteiger partial charge in [0.15, 0.2) is 0 Å². The largest absolute Gasteiger partial charge is 0.316 e. The molecular formula is C68H121NSi. The molecule has 0 amide bonds. The molecule has 0 N–H and O–H groups in total. The molecular weight excluding hydrogens is 859 g/mol. The van der Waals surface area contributed by atoms with Crippen molar-refractivity contribution in [2.24, 2.45) is 11.8 Å². The fraction of sp³-hybridized carbons (Fsp3) is 0.853. The van der Waals surface area contributed by atoms with Crippen LogP contribution in [-0.2, 0) is 5.41 Å². The summed E-state index contributed by atoms with van der Waals surface area (Å²) in [5.74, 6) is 1.45. The van der Waals surface area contributed by atoms with E-state index in [-0.39, 0.29) is 11.0 Å². The summed E-state index contributed by atoms with van der Waals surface area (Å²) < 4.78 is 3.19. The van der Waals surface area contributed by atoms with E-state index in [1.807, 2.05) is 0 Å². The van der Waals surface area contributed by atoms with Gasteiger partial charge in [0.05, 0.1) is 0 Å². The number of hydrogen-bond donors (Lipinski definition) is 0. The molecule has 1 aromatic carbocycles. The minimum atomic E-state index is -1.76. The second-order valence-electron chi connectivity index (χ2n) is 26.2. The van der Waals surface area contributed by atoms with Crippen molar-refractivity contribution in [3.63, 3.8) is 0 Å². The molecule has 0 radical (unpaired) electrons. The third-order valence-corrected chi connectivity index (χ3v) is 23.9. The van der Waals surface area contributed by atoms with Gasteiger partial charge < -0.3 is 4.57 Å². The van der Waals surface area contributed by atoms with Crippen LogP contribution < -0.4 is 0 Å². The highest BCUT2D eigenvalue weighted by Crippen LogP contribution is 2.62. The lowest BCUT2D eigenvalue weighted by molar-refractivity contribution is 0.140. The average molecular weight is 981 g/mol. The molecule has 0 aliphatic heterocycles. The SMILES string of the molecule is CCCCCCCCCCCCCCCCCCCCC1(CCCCCCCCCCCCCCCCCCCC)C2=CC3CCC([Si](C)(C)N(C4CCCCC4)C(C)(C)C)C3C=C2c2ccccc21. The van der Waals surface area contributed by atoms with Gasteiger partial charge in [0.1, 0.15) is 8.24 Å². The van der Waals surface area contributed by atoms with E-state index in [1.54, 1.807) is 22.3 Å². The lowest BCUT2D eigenvalue weighted by Gasteiger charge is -2.55. The molecule has 1 nitrogen and oxygen atoms in total. The minimum absolute atomic E-state index is 0.224. The van der Waals surface area contributed by atoms with Crippen molar-refractivity contribution < 1.29 is 0 Å². The summed E-state index contributed by atoms with van der Waals surface area (Å²) >= 11 is 0. The van der Waals surface area contributed by atoms with Gasteiger partial charge in [-0.15, -0.1) is 0 Å². The quantitative estimate of drug-likeness (QED) is 0.0467. The zero-order chi connectivity index (χ0) is 49.8. The number of nitrogens with zero attached hydrogens (tertiary/aromatic N) is 1. The Morgan fingerprint density at radius 2 is 0.857 bits per heavy atom. The number of benzene rings is 1. The highest BCUT2D eigenvalue weighted by Gasteiger charge is 2.54. The smallest absolute Gasteiger partial charge is 0.126 e. The van der Waals surface area contributed by atoms with Gasteiger partial charge in [-0.3, -0.25) is 0 Å². The molecule has 4 aliphatic rings.